The van der Waals surface area contributed by atoms with Crippen LogP contribution < -0.4 is 10.1 Å². The SMILES string of the molecule is Cc1c(OCCCl)ccnc1CNc1cnc2ccccc2c1. The molecule has 0 saturated carbocycles. The summed E-state index contributed by atoms with van der Waals surface area (Å²) >= 11 is 5.67. The predicted octanol–water partition coefficient (Wildman–Crippen LogP) is 4.17. The molecule has 0 fully saturated rings. The highest BCUT2D eigenvalue weighted by molar-refractivity contribution is 6.18. The van der Waals surface area contributed by atoms with Crippen molar-refractivity contribution < 1.29 is 4.74 Å². The quantitative estimate of drug-likeness (QED) is 0.690. The molecule has 2 heterocycles. The lowest BCUT2D eigenvalue weighted by Crippen LogP contribution is -2.07. The van der Waals surface area contributed by atoms with E-state index in [1.165, 1.54) is 0 Å². The zero-order valence-electron chi connectivity index (χ0n) is 12.9. The first kappa shape index (κ1) is 15.6. The molecule has 1 aromatic carbocycles. The van der Waals surface area contributed by atoms with Crippen LogP contribution in [0.25, 0.3) is 10.9 Å². The third kappa shape index (κ3) is 3.71. The molecule has 0 amide bonds. The Bertz CT molecular complexity index is 807. The maximum absolute atomic E-state index is 5.67. The van der Waals surface area contributed by atoms with Gasteiger partial charge in [0.1, 0.15) is 12.4 Å². The molecule has 0 aliphatic rings. The summed E-state index contributed by atoms with van der Waals surface area (Å²) in [5, 5.41) is 4.48. The lowest BCUT2D eigenvalue weighted by molar-refractivity contribution is 0.339. The van der Waals surface area contributed by atoms with Gasteiger partial charge in [0.2, 0.25) is 0 Å². The number of hydrogen-bond donors (Lipinski definition) is 1. The molecule has 0 atom stereocenters. The van der Waals surface area contributed by atoms with Gasteiger partial charge in [-0.2, -0.15) is 0 Å². The molecular formula is C18H18ClN3O. The van der Waals surface area contributed by atoms with E-state index in [0.717, 1.165) is 33.6 Å². The first-order chi connectivity index (χ1) is 11.3. The van der Waals surface area contributed by atoms with Gasteiger partial charge in [-0.25, -0.2) is 0 Å². The molecule has 3 rings (SSSR count). The van der Waals surface area contributed by atoms with Gasteiger partial charge in [-0.1, -0.05) is 18.2 Å². The van der Waals surface area contributed by atoms with E-state index in [2.05, 4.69) is 27.4 Å². The van der Waals surface area contributed by atoms with Gasteiger partial charge in [-0.15, -0.1) is 11.6 Å². The van der Waals surface area contributed by atoms with Crippen LogP contribution in [0.15, 0.2) is 48.8 Å². The summed E-state index contributed by atoms with van der Waals surface area (Å²) < 4.78 is 5.62. The van der Waals surface area contributed by atoms with Crippen LogP contribution in [-0.2, 0) is 6.54 Å². The monoisotopic (exact) mass is 327 g/mol. The Morgan fingerprint density at radius 3 is 2.91 bits per heavy atom. The number of hydrogen-bond acceptors (Lipinski definition) is 4. The van der Waals surface area contributed by atoms with E-state index in [1.807, 2.05) is 37.4 Å². The van der Waals surface area contributed by atoms with E-state index >= 15 is 0 Å². The number of aromatic nitrogens is 2. The van der Waals surface area contributed by atoms with Gasteiger partial charge in [0.25, 0.3) is 0 Å². The van der Waals surface area contributed by atoms with Gasteiger partial charge >= 0.3 is 0 Å². The maximum atomic E-state index is 5.67. The van der Waals surface area contributed by atoms with Gasteiger partial charge in [0.15, 0.2) is 0 Å². The zero-order valence-corrected chi connectivity index (χ0v) is 13.7. The standard InChI is InChI=1S/C18H18ClN3O/c1-13-17(20-8-6-18(13)23-9-7-19)12-21-15-10-14-4-2-3-5-16(14)22-11-15/h2-6,8,10-11,21H,7,9,12H2,1H3. The highest BCUT2D eigenvalue weighted by Gasteiger charge is 2.07. The van der Waals surface area contributed by atoms with Crippen molar-refractivity contribution in [3.63, 3.8) is 0 Å². The van der Waals surface area contributed by atoms with Crippen molar-refractivity contribution in [1.29, 1.82) is 0 Å². The lowest BCUT2D eigenvalue weighted by atomic mass is 10.2. The van der Waals surface area contributed by atoms with Gasteiger partial charge in [0.05, 0.1) is 35.5 Å². The van der Waals surface area contributed by atoms with Crippen LogP contribution in [0.2, 0.25) is 0 Å². The fraction of sp³-hybridized carbons (Fsp3) is 0.222. The summed E-state index contributed by atoms with van der Waals surface area (Å²) in [6, 6.07) is 12.0. The molecule has 1 N–H and O–H groups in total. The maximum Gasteiger partial charge on any atom is 0.125 e. The van der Waals surface area contributed by atoms with E-state index in [0.29, 0.717) is 19.0 Å². The Balaban J connectivity index is 1.74. The average molecular weight is 328 g/mol. The Kier molecular flexibility index (Phi) is 4.93. The van der Waals surface area contributed by atoms with Gasteiger partial charge < -0.3 is 10.1 Å². The molecule has 118 valence electrons. The van der Waals surface area contributed by atoms with Crippen LogP contribution in [0.1, 0.15) is 11.3 Å². The number of pyridine rings is 2. The van der Waals surface area contributed by atoms with Crippen molar-refractivity contribution in [2.45, 2.75) is 13.5 Å². The fourth-order valence-electron chi connectivity index (χ4n) is 2.40. The van der Waals surface area contributed by atoms with Crippen molar-refractivity contribution in [2.75, 3.05) is 17.8 Å². The minimum atomic E-state index is 0.470. The van der Waals surface area contributed by atoms with Crippen molar-refractivity contribution in [2.24, 2.45) is 0 Å². The van der Waals surface area contributed by atoms with E-state index in [4.69, 9.17) is 16.3 Å². The second-order valence-electron chi connectivity index (χ2n) is 5.19. The van der Waals surface area contributed by atoms with Gasteiger partial charge in [-0.3, -0.25) is 9.97 Å². The third-order valence-corrected chi connectivity index (χ3v) is 3.80. The van der Waals surface area contributed by atoms with Crippen LogP contribution in [0.4, 0.5) is 5.69 Å². The first-order valence-electron chi connectivity index (χ1n) is 7.50. The Hall–Kier alpha value is -2.33. The molecule has 0 bridgehead atoms. The molecule has 0 saturated heterocycles. The molecule has 3 aromatic rings. The second kappa shape index (κ2) is 7.29. The average Bonchev–Trinajstić information content (AvgIpc) is 2.59. The van der Waals surface area contributed by atoms with Gasteiger partial charge in [-0.05, 0) is 25.1 Å². The zero-order chi connectivity index (χ0) is 16.1. The number of benzene rings is 1. The largest absolute Gasteiger partial charge is 0.492 e. The summed E-state index contributed by atoms with van der Waals surface area (Å²) in [4.78, 5) is 8.88. The van der Waals surface area contributed by atoms with E-state index in [1.54, 1.807) is 6.20 Å². The summed E-state index contributed by atoms with van der Waals surface area (Å²) in [5.41, 5.74) is 3.94. The molecule has 0 spiro atoms. The molecule has 23 heavy (non-hydrogen) atoms. The minimum Gasteiger partial charge on any atom is -0.492 e. The number of nitrogens with one attached hydrogen (secondary N) is 1. The lowest BCUT2D eigenvalue weighted by Gasteiger charge is -2.12. The predicted molar refractivity (Wildman–Crippen MR) is 94.3 cm³/mol. The number of alkyl halides is 1. The first-order valence-corrected chi connectivity index (χ1v) is 8.03. The topological polar surface area (TPSA) is 47.0 Å². The summed E-state index contributed by atoms with van der Waals surface area (Å²) in [6.45, 7) is 3.12. The number of para-hydroxylation sites is 1. The van der Waals surface area contributed by atoms with Crippen LogP contribution in [-0.4, -0.2) is 22.5 Å². The third-order valence-electron chi connectivity index (χ3n) is 3.64. The summed E-state index contributed by atoms with van der Waals surface area (Å²) in [6.07, 6.45) is 3.59. The van der Waals surface area contributed by atoms with E-state index in [-0.39, 0.29) is 0 Å². The fourth-order valence-corrected chi connectivity index (χ4v) is 2.47. The van der Waals surface area contributed by atoms with Crippen LogP contribution in [0, 0.1) is 6.92 Å². The van der Waals surface area contributed by atoms with E-state index in [9.17, 15) is 0 Å². The minimum absolute atomic E-state index is 0.470. The smallest absolute Gasteiger partial charge is 0.125 e. The van der Waals surface area contributed by atoms with E-state index < -0.39 is 0 Å². The highest BCUT2D eigenvalue weighted by Crippen LogP contribution is 2.21. The Morgan fingerprint density at radius 2 is 2.04 bits per heavy atom. The van der Waals surface area contributed by atoms with Crippen molar-refractivity contribution in [3.8, 4) is 5.75 Å². The number of nitrogens with zero attached hydrogens (tertiary/aromatic N) is 2. The molecule has 0 aliphatic carbocycles. The molecule has 0 aliphatic heterocycles. The van der Waals surface area contributed by atoms with Crippen molar-refractivity contribution in [1.82, 2.24) is 9.97 Å². The molecular weight excluding hydrogens is 310 g/mol. The summed E-state index contributed by atoms with van der Waals surface area (Å²) in [7, 11) is 0. The van der Waals surface area contributed by atoms with Crippen molar-refractivity contribution in [3.05, 3.63) is 60.0 Å². The second-order valence-corrected chi connectivity index (χ2v) is 5.57. The molecule has 4 nitrogen and oxygen atoms in total. The van der Waals surface area contributed by atoms with Gasteiger partial charge in [0, 0.05) is 17.1 Å². The number of rotatable bonds is 6. The van der Waals surface area contributed by atoms with Crippen LogP contribution in [0.5, 0.6) is 5.75 Å². The molecule has 2 aromatic heterocycles. The Labute approximate surface area is 140 Å². The molecule has 0 radical (unpaired) electrons. The van der Waals surface area contributed by atoms with Crippen LogP contribution in [0.3, 0.4) is 0 Å². The molecule has 0 unspecified atom stereocenters. The number of ether oxygens (including phenoxy) is 1. The number of fused-ring (bicyclic) bond motifs is 1. The van der Waals surface area contributed by atoms with Crippen molar-refractivity contribution >= 4 is 28.2 Å². The molecule has 5 heteroatoms. The van der Waals surface area contributed by atoms with Crippen LogP contribution >= 0.6 is 11.6 Å². The highest BCUT2D eigenvalue weighted by atomic mass is 35.5. The number of anilines is 1. The number of halogens is 1. The Morgan fingerprint density at radius 1 is 1.17 bits per heavy atom. The summed E-state index contributed by atoms with van der Waals surface area (Å²) in [5.74, 6) is 1.30. The normalized spacial score (nSPS) is 10.7.